The van der Waals surface area contributed by atoms with Crippen LogP contribution in [-0.4, -0.2) is 16.5 Å². The van der Waals surface area contributed by atoms with Gasteiger partial charge in [-0.3, -0.25) is 0 Å². The predicted molar refractivity (Wildman–Crippen MR) is 116 cm³/mol. The number of hydrogen-bond acceptors (Lipinski definition) is 6. The molecule has 1 aliphatic rings. The van der Waals surface area contributed by atoms with E-state index in [1.54, 1.807) is 12.3 Å². The average molecular weight is 429 g/mol. The summed E-state index contributed by atoms with van der Waals surface area (Å²) in [6, 6.07) is 14.4. The first-order valence-corrected chi connectivity index (χ1v) is 9.81. The van der Waals surface area contributed by atoms with E-state index in [-0.39, 0.29) is 18.2 Å². The van der Waals surface area contributed by atoms with Crippen molar-refractivity contribution in [2.24, 2.45) is 5.73 Å². The number of pyridine rings is 1. The fraction of sp³-hybridized carbons (Fsp3) is 0.143. The fourth-order valence-corrected chi connectivity index (χ4v) is 4.47. The van der Waals surface area contributed by atoms with Crippen LogP contribution in [0.3, 0.4) is 0 Å². The van der Waals surface area contributed by atoms with E-state index in [1.165, 1.54) is 23.5 Å². The number of benzene rings is 2. The van der Waals surface area contributed by atoms with Gasteiger partial charge in [0.15, 0.2) is 5.13 Å². The molecule has 0 bridgehead atoms. The lowest BCUT2D eigenvalue weighted by molar-refractivity contribution is 0.458. The largest absolute Gasteiger partial charge is 0.439 e. The number of ether oxygens (including phenoxy) is 1. The summed E-state index contributed by atoms with van der Waals surface area (Å²) in [5, 5.41) is 0.861. The Labute approximate surface area is 177 Å². The summed E-state index contributed by atoms with van der Waals surface area (Å²) in [4.78, 5) is 11.1. The van der Waals surface area contributed by atoms with Crippen LogP contribution in [0.25, 0.3) is 10.2 Å². The van der Waals surface area contributed by atoms with Crippen molar-refractivity contribution in [2.45, 2.75) is 13.0 Å². The van der Waals surface area contributed by atoms with Crippen LogP contribution in [0.1, 0.15) is 11.1 Å². The quantitative estimate of drug-likeness (QED) is 0.484. The minimum Gasteiger partial charge on any atom is -0.439 e. The highest BCUT2D eigenvalue weighted by atomic mass is 35.5. The molecule has 29 heavy (non-hydrogen) atoms. The standard InChI is InChI=1S/C21H17FN4OS.ClH/c22-14-4-5-16-19(11-14)28-21(25-16)26-9-7-15-17(26)2-1-3-18(15)27-20-10-13(12-23)6-8-24-20;/h1-6,8,10-11H,7,9,12,23H2;1H. The van der Waals surface area contributed by atoms with Crippen molar-refractivity contribution in [3.8, 4) is 11.6 Å². The fourth-order valence-electron chi connectivity index (χ4n) is 3.44. The summed E-state index contributed by atoms with van der Waals surface area (Å²) in [7, 11) is 0. The van der Waals surface area contributed by atoms with Gasteiger partial charge in [0.1, 0.15) is 11.6 Å². The molecule has 8 heteroatoms. The molecule has 2 N–H and O–H groups in total. The monoisotopic (exact) mass is 428 g/mol. The van der Waals surface area contributed by atoms with Crippen molar-refractivity contribution < 1.29 is 9.13 Å². The Morgan fingerprint density at radius 3 is 2.93 bits per heavy atom. The molecule has 0 spiro atoms. The highest BCUT2D eigenvalue weighted by molar-refractivity contribution is 7.22. The number of hydrogen-bond donors (Lipinski definition) is 1. The van der Waals surface area contributed by atoms with E-state index < -0.39 is 0 Å². The lowest BCUT2D eigenvalue weighted by Gasteiger charge is -2.16. The number of fused-ring (bicyclic) bond motifs is 2. The highest BCUT2D eigenvalue weighted by Crippen LogP contribution is 2.42. The molecule has 5 rings (SSSR count). The van der Waals surface area contributed by atoms with E-state index in [0.717, 1.165) is 50.9 Å². The topological polar surface area (TPSA) is 64.3 Å². The van der Waals surface area contributed by atoms with Crippen LogP contribution in [0.15, 0.2) is 54.7 Å². The van der Waals surface area contributed by atoms with Crippen molar-refractivity contribution in [3.63, 3.8) is 0 Å². The van der Waals surface area contributed by atoms with Crippen LogP contribution in [0.4, 0.5) is 15.2 Å². The van der Waals surface area contributed by atoms with Gasteiger partial charge < -0.3 is 15.4 Å². The van der Waals surface area contributed by atoms with Gasteiger partial charge in [0.25, 0.3) is 0 Å². The second-order valence-electron chi connectivity index (χ2n) is 6.57. The Kier molecular flexibility index (Phi) is 5.36. The van der Waals surface area contributed by atoms with Crippen LogP contribution in [0, 0.1) is 5.82 Å². The third-order valence-electron chi connectivity index (χ3n) is 4.80. The summed E-state index contributed by atoms with van der Waals surface area (Å²) in [5.74, 6) is 1.08. The second kappa shape index (κ2) is 7.94. The third kappa shape index (κ3) is 3.64. The molecular formula is C21H18ClFN4OS. The van der Waals surface area contributed by atoms with Crippen molar-refractivity contribution in [1.29, 1.82) is 0 Å². The van der Waals surface area contributed by atoms with Gasteiger partial charge in [-0.2, -0.15) is 0 Å². The summed E-state index contributed by atoms with van der Waals surface area (Å²) in [6.45, 7) is 1.24. The summed E-state index contributed by atoms with van der Waals surface area (Å²) >= 11 is 1.49. The maximum Gasteiger partial charge on any atom is 0.219 e. The lowest BCUT2D eigenvalue weighted by atomic mass is 10.1. The van der Waals surface area contributed by atoms with Gasteiger partial charge in [-0.15, -0.1) is 12.4 Å². The Balaban J connectivity index is 0.00000205. The molecule has 0 unspecified atom stereocenters. The molecule has 0 amide bonds. The molecule has 0 fully saturated rings. The zero-order valence-electron chi connectivity index (χ0n) is 15.3. The maximum atomic E-state index is 13.5. The normalized spacial score (nSPS) is 12.7. The van der Waals surface area contributed by atoms with Crippen molar-refractivity contribution in [1.82, 2.24) is 9.97 Å². The zero-order chi connectivity index (χ0) is 19.1. The second-order valence-corrected chi connectivity index (χ2v) is 7.58. The first kappa shape index (κ1) is 19.6. The number of anilines is 2. The number of halogens is 2. The molecule has 0 radical (unpaired) electrons. The van der Waals surface area contributed by atoms with Crippen LogP contribution in [0.2, 0.25) is 0 Å². The summed E-state index contributed by atoms with van der Waals surface area (Å²) < 4.78 is 20.4. The molecule has 0 atom stereocenters. The minimum absolute atomic E-state index is 0. The lowest BCUT2D eigenvalue weighted by Crippen LogP contribution is -2.12. The third-order valence-corrected chi connectivity index (χ3v) is 5.85. The SMILES string of the molecule is Cl.NCc1ccnc(Oc2cccc3c2CCN3c2nc3ccc(F)cc3s2)c1. The van der Waals surface area contributed by atoms with Crippen molar-refractivity contribution >= 4 is 44.8 Å². The molecular weight excluding hydrogens is 411 g/mol. The molecule has 1 aliphatic heterocycles. The van der Waals surface area contributed by atoms with Crippen LogP contribution >= 0.6 is 23.7 Å². The Bertz CT molecular complexity index is 1180. The molecule has 0 saturated heterocycles. The van der Waals surface area contributed by atoms with Crippen molar-refractivity contribution in [2.75, 3.05) is 11.4 Å². The Morgan fingerprint density at radius 2 is 2.07 bits per heavy atom. The highest BCUT2D eigenvalue weighted by Gasteiger charge is 2.26. The molecule has 0 aliphatic carbocycles. The van der Waals surface area contributed by atoms with Crippen LogP contribution in [0.5, 0.6) is 11.6 Å². The van der Waals surface area contributed by atoms with Gasteiger partial charge in [-0.1, -0.05) is 17.4 Å². The van der Waals surface area contributed by atoms with Gasteiger partial charge in [0.05, 0.1) is 15.9 Å². The first-order chi connectivity index (χ1) is 13.7. The Hall–Kier alpha value is -2.74. The number of nitrogens with zero attached hydrogens (tertiary/aromatic N) is 3. The number of thiazole rings is 1. The summed E-state index contributed by atoms with van der Waals surface area (Å²) in [5.41, 5.74) is 9.67. The molecule has 148 valence electrons. The molecule has 2 aromatic carbocycles. The van der Waals surface area contributed by atoms with Crippen LogP contribution in [-0.2, 0) is 13.0 Å². The zero-order valence-corrected chi connectivity index (χ0v) is 17.0. The Morgan fingerprint density at radius 1 is 1.17 bits per heavy atom. The number of nitrogens with two attached hydrogens (primary N) is 1. The van der Waals surface area contributed by atoms with Gasteiger partial charge in [0, 0.05) is 30.9 Å². The molecule has 4 aromatic rings. The average Bonchev–Trinajstić information content (AvgIpc) is 3.32. The van der Waals surface area contributed by atoms with E-state index in [4.69, 9.17) is 10.5 Å². The minimum atomic E-state index is -0.243. The molecule has 5 nitrogen and oxygen atoms in total. The van der Waals surface area contributed by atoms with Gasteiger partial charge in [0.2, 0.25) is 5.88 Å². The number of rotatable bonds is 4. The molecule has 2 aromatic heterocycles. The van der Waals surface area contributed by atoms with E-state index in [1.807, 2.05) is 24.3 Å². The van der Waals surface area contributed by atoms with E-state index in [2.05, 4.69) is 20.9 Å². The van der Waals surface area contributed by atoms with Gasteiger partial charge >= 0.3 is 0 Å². The summed E-state index contributed by atoms with van der Waals surface area (Å²) in [6.07, 6.45) is 2.54. The van der Waals surface area contributed by atoms with E-state index in [0.29, 0.717) is 12.4 Å². The smallest absolute Gasteiger partial charge is 0.219 e. The van der Waals surface area contributed by atoms with Crippen LogP contribution < -0.4 is 15.4 Å². The molecule has 0 saturated carbocycles. The van der Waals surface area contributed by atoms with E-state index in [9.17, 15) is 4.39 Å². The van der Waals surface area contributed by atoms with Gasteiger partial charge in [-0.25, -0.2) is 14.4 Å². The number of aromatic nitrogens is 2. The van der Waals surface area contributed by atoms with Crippen molar-refractivity contribution in [3.05, 3.63) is 71.7 Å². The maximum absolute atomic E-state index is 13.5. The first-order valence-electron chi connectivity index (χ1n) is 8.99. The predicted octanol–water partition coefficient (Wildman–Crippen LogP) is 5.20. The molecule has 3 heterocycles. The van der Waals surface area contributed by atoms with E-state index >= 15 is 0 Å². The van der Waals surface area contributed by atoms with Gasteiger partial charge in [-0.05, 0) is 48.4 Å².